The van der Waals surface area contributed by atoms with Crippen molar-refractivity contribution < 1.29 is 32.7 Å². The fourth-order valence-electron chi connectivity index (χ4n) is 4.22. The maximum Gasteiger partial charge on any atom is 0.429 e. The lowest BCUT2D eigenvalue weighted by atomic mass is 10.0. The van der Waals surface area contributed by atoms with E-state index in [0.717, 1.165) is 24.3 Å². The van der Waals surface area contributed by atoms with Gasteiger partial charge in [0, 0.05) is 0 Å². The summed E-state index contributed by atoms with van der Waals surface area (Å²) in [5.74, 6) is 0. The predicted octanol–water partition coefficient (Wildman–Crippen LogP) is 8.71. The minimum atomic E-state index is -3.59. The number of nitrogens with one attached hydrogen (secondary N) is 1. The van der Waals surface area contributed by atoms with Gasteiger partial charge in [-0.3, -0.25) is 4.57 Å². The number of carbonyl (C=O) groups is 2. The molecule has 1 N–H and O–H groups in total. The summed E-state index contributed by atoms with van der Waals surface area (Å²) in [7, 11) is -3.59. The molecule has 0 aromatic rings. The number of amides is 2. The summed E-state index contributed by atoms with van der Waals surface area (Å²) >= 11 is 16.9. The van der Waals surface area contributed by atoms with E-state index in [4.69, 9.17) is 53.3 Å². The Morgan fingerprint density at radius 1 is 0.974 bits per heavy atom. The van der Waals surface area contributed by atoms with Crippen molar-refractivity contribution in [1.82, 2.24) is 10.4 Å². The number of nitrogens with zero attached hydrogens (tertiary/aromatic N) is 1. The van der Waals surface area contributed by atoms with E-state index in [0.29, 0.717) is 0 Å². The van der Waals surface area contributed by atoms with Crippen molar-refractivity contribution in [2.24, 2.45) is 0 Å². The lowest BCUT2D eigenvalue weighted by Gasteiger charge is -2.27. The second-order valence-corrected chi connectivity index (χ2v) is 14.1. The van der Waals surface area contributed by atoms with Crippen LogP contribution in [0.25, 0.3) is 0 Å². The third-order valence-corrected chi connectivity index (χ3v) is 8.54. The first-order chi connectivity index (χ1) is 18.5. The van der Waals surface area contributed by atoms with Gasteiger partial charge in [-0.25, -0.2) is 20.0 Å². The molecule has 0 bridgehead atoms. The SMILES string of the molecule is CCCCCCCCCCCCC/C=C/[C@@H]1OC(=O)N(NC(=O)OCC(Cl)(Cl)Cl)[C@H]1CP(=O)(OCC)OCC. The number of carbonyl (C=O) groups excluding carboxylic acids is 2. The molecule has 0 aromatic heterocycles. The standard InChI is InChI=1S/C26H46Cl3N2O7P/c1-4-7-8-9-10-11-12-13-14-15-16-17-18-19-23-22(20-39(34,36-5-2)37-6-3)31(25(33)38-23)30-24(32)35-21-26(27,28)29/h18-19,22-23H,4-17,20-21H2,1-3H3,(H,30,32)/b19-18+/t22-,23-/m0/s1. The molecule has 0 saturated carbocycles. The van der Waals surface area contributed by atoms with Gasteiger partial charge in [0.1, 0.15) is 18.8 Å². The molecule has 0 aromatic carbocycles. The minimum Gasteiger partial charge on any atom is -0.444 e. The molecule has 2 amide bonds. The third-order valence-electron chi connectivity index (χ3n) is 6.09. The third kappa shape index (κ3) is 16.4. The molecule has 0 aliphatic carbocycles. The number of hydrogen-bond donors (Lipinski definition) is 1. The highest BCUT2D eigenvalue weighted by Crippen LogP contribution is 2.50. The van der Waals surface area contributed by atoms with Crippen LogP contribution >= 0.6 is 42.4 Å². The molecule has 0 unspecified atom stereocenters. The van der Waals surface area contributed by atoms with Crippen LogP contribution in [0.4, 0.5) is 9.59 Å². The Labute approximate surface area is 249 Å². The molecule has 9 nitrogen and oxygen atoms in total. The average Bonchev–Trinajstić information content (AvgIpc) is 3.14. The molecular formula is C26H46Cl3N2O7P. The Bertz CT molecular complexity index is 773. The lowest BCUT2D eigenvalue weighted by Crippen LogP contribution is -2.50. The van der Waals surface area contributed by atoms with Crippen molar-refractivity contribution in [2.45, 2.75) is 114 Å². The molecule has 0 radical (unpaired) electrons. The first kappa shape index (κ1) is 36.3. The van der Waals surface area contributed by atoms with Gasteiger partial charge in [0.15, 0.2) is 0 Å². The molecule has 39 heavy (non-hydrogen) atoms. The monoisotopic (exact) mass is 634 g/mol. The van der Waals surface area contributed by atoms with Crippen LogP contribution in [-0.4, -0.2) is 59.1 Å². The molecule has 13 heteroatoms. The Morgan fingerprint density at radius 2 is 1.51 bits per heavy atom. The maximum atomic E-state index is 13.2. The van der Waals surface area contributed by atoms with Gasteiger partial charge < -0.3 is 18.5 Å². The van der Waals surface area contributed by atoms with Gasteiger partial charge in [0.25, 0.3) is 0 Å². The van der Waals surface area contributed by atoms with Gasteiger partial charge in [-0.15, -0.1) is 0 Å². The number of alkyl halides is 3. The Morgan fingerprint density at radius 3 is 2.03 bits per heavy atom. The molecular weight excluding hydrogens is 590 g/mol. The number of ether oxygens (including phenoxy) is 2. The van der Waals surface area contributed by atoms with Gasteiger partial charge in [-0.05, 0) is 32.8 Å². The number of halogens is 3. The zero-order valence-electron chi connectivity index (χ0n) is 23.5. The van der Waals surface area contributed by atoms with E-state index in [1.807, 2.05) is 6.08 Å². The molecule has 1 aliphatic rings. The van der Waals surface area contributed by atoms with Crippen molar-refractivity contribution in [3.05, 3.63) is 12.2 Å². The van der Waals surface area contributed by atoms with E-state index in [2.05, 4.69) is 12.3 Å². The van der Waals surface area contributed by atoms with Crippen LogP contribution in [0, 0.1) is 0 Å². The van der Waals surface area contributed by atoms with Crippen molar-refractivity contribution >= 4 is 54.6 Å². The van der Waals surface area contributed by atoms with Gasteiger partial charge in [0.05, 0.1) is 19.4 Å². The Hall–Kier alpha value is -0.700. The fraction of sp³-hybridized carbons (Fsp3) is 0.846. The highest BCUT2D eigenvalue weighted by Gasteiger charge is 2.46. The quantitative estimate of drug-likeness (QED) is 0.0582. The first-order valence-electron chi connectivity index (χ1n) is 14.1. The van der Waals surface area contributed by atoms with E-state index < -0.39 is 42.3 Å². The number of allylic oxidation sites excluding steroid dienone is 1. The van der Waals surface area contributed by atoms with Gasteiger partial charge in [-0.2, -0.15) is 0 Å². The molecule has 1 rings (SSSR count). The largest absolute Gasteiger partial charge is 0.444 e. The summed E-state index contributed by atoms with van der Waals surface area (Å²) < 4.78 is 32.6. The maximum absolute atomic E-state index is 13.2. The van der Waals surface area contributed by atoms with Crippen LogP contribution in [0.2, 0.25) is 0 Å². The van der Waals surface area contributed by atoms with Gasteiger partial charge >= 0.3 is 19.8 Å². The van der Waals surface area contributed by atoms with E-state index in [1.165, 1.54) is 57.8 Å². The highest BCUT2D eigenvalue weighted by molar-refractivity contribution is 7.53. The molecule has 1 aliphatic heterocycles. The van der Waals surface area contributed by atoms with Crippen LogP contribution in [0.1, 0.15) is 97.8 Å². The number of cyclic esters (lactones) is 1. The summed E-state index contributed by atoms with van der Waals surface area (Å²) in [5, 5.41) is 0.919. The smallest absolute Gasteiger partial charge is 0.429 e. The minimum absolute atomic E-state index is 0.150. The van der Waals surface area contributed by atoms with E-state index in [-0.39, 0.29) is 19.4 Å². The second-order valence-electron chi connectivity index (χ2n) is 9.47. The zero-order valence-corrected chi connectivity index (χ0v) is 26.7. The summed E-state index contributed by atoms with van der Waals surface area (Å²) in [5.41, 5.74) is 2.29. The Kier molecular flexibility index (Phi) is 18.8. The fourth-order valence-corrected chi connectivity index (χ4v) is 6.28. The van der Waals surface area contributed by atoms with Crippen LogP contribution in [0.5, 0.6) is 0 Å². The topological polar surface area (TPSA) is 103 Å². The molecule has 228 valence electrons. The molecule has 1 fully saturated rings. The number of unbranched alkanes of at least 4 members (excludes halogenated alkanes) is 11. The Balaban J connectivity index is 2.64. The lowest BCUT2D eigenvalue weighted by molar-refractivity contribution is 0.105. The van der Waals surface area contributed by atoms with Crippen molar-refractivity contribution in [2.75, 3.05) is 26.0 Å². The molecule has 2 atom stereocenters. The summed E-state index contributed by atoms with van der Waals surface area (Å²) in [6.45, 7) is 5.39. The average molecular weight is 636 g/mol. The van der Waals surface area contributed by atoms with Crippen molar-refractivity contribution in [3.63, 3.8) is 0 Å². The van der Waals surface area contributed by atoms with Gasteiger partial charge in [-0.1, -0.05) is 112 Å². The van der Waals surface area contributed by atoms with Gasteiger partial charge in [0.2, 0.25) is 3.79 Å². The van der Waals surface area contributed by atoms with E-state index in [1.54, 1.807) is 19.9 Å². The molecule has 0 spiro atoms. The van der Waals surface area contributed by atoms with Crippen LogP contribution in [0.3, 0.4) is 0 Å². The van der Waals surface area contributed by atoms with Crippen LogP contribution in [-0.2, 0) is 23.1 Å². The number of hydrogen-bond acceptors (Lipinski definition) is 7. The van der Waals surface area contributed by atoms with Crippen molar-refractivity contribution in [1.29, 1.82) is 0 Å². The second kappa shape index (κ2) is 20.2. The highest BCUT2D eigenvalue weighted by atomic mass is 35.6. The molecule has 1 saturated heterocycles. The number of rotatable bonds is 21. The van der Waals surface area contributed by atoms with E-state index in [9.17, 15) is 14.2 Å². The van der Waals surface area contributed by atoms with Crippen molar-refractivity contribution in [3.8, 4) is 0 Å². The van der Waals surface area contributed by atoms with Crippen LogP contribution in [0.15, 0.2) is 12.2 Å². The van der Waals surface area contributed by atoms with E-state index >= 15 is 0 Å². The normalized spacial score (nSPS) is 18.1. The summed E-state index contributed by atoms with van der Waals surface area (Å²) in [6.07, 6.45) is 15.5. The zero-order chi connectivity index (χ0) is 29.2. The summed E-state index contributed by atoms with van der Waals surface area (Å²) in [6, 6.07) is -0.865. The summed E-state index contributed by atoms with van der Waals surface area (Å²) in [4.78, 5) is 24.9. The first-order valence-corrected chi connectivity index (χ1v) is 17.0. The molecule has 1 heterocycles. The number of hydrazine groups is 1. The van der Waals surface area contributed by atoms with Crippen LogP contribution < -0.4 is 5.43 Å². The predicted molar refractivity (Wildman–Crippen MR) is 157 cm³/mol.